The summed E-state index contributed by atoms with van der Waals surface area (Å²) in [5.41, 5.74) is 3.09. The highest BCUT2D eigenvalue weighted by atomic mass is 35.5. The van der Waals surface area contributed by atoms with Gasteiger partial charge in [0.15, 0.2) is 9.75 Å². The van der Waals surface area contributed by atoms with Crippen molar-refractivity contribution in [3.8, 4) is 17.2 Å². The number of nitrogens with zero attached hydrogens (tertiary/aromatic N) is 2. The van der Waals surface area contributed by atoms with Gasteiger partial charge in [-0.1, -0.05) is 48.1 Å². The number of halogens is 3. The lowest BCUT2D eigenvalue weighted by Gasteiger charge is -2.50. The Bertz CT molecular complexity index is 2290. The predicted octanol–water partition coefficient (Wildman–Crippen LogP) is 7.49. The molecular formula is C42H33Cl2FN2O7. The Morgan fingerprint density at radius 1 is 0.796 bits per heavy atom. The number of aromatic hydroxyl groups is 1. The van der Waals surface area contributed by atoms with Gasteiger partial charge in [0.25, 0.3) is 11.8 Å². The Morgan fingerprint density at radius 2 is 1.50 bits per heavy atom. The van der Waals surface area contributed by atoms with E-state index < -0.39 is 57.0 Å². The summed E-state index contributed by atoms with van der Waals surface area (Å²) in [4.78, 5) is 55.3. The Hall–Kier alpha value is -5.45. The third-order valence-corrected chi connectivity index (χ3v) is 12.6. The number of phenolic OH excluding ortho intramolecular Hbond substituents is 1. The third-order valence-electron chi connectivity index (χ3n) is 11.1. The number of benzene rings is 4. The lowest BCUT2D eigenvalue weighted by Crippen LogP contribution is -2.60. The molecule has 0 aromatic heterocycles. The molecule has 4 amide bonds. The molecule has 12 heteroatoms. The molecule has 0 radical (unpaired) electrons. The summed E-state index contributed by atoms with van der Waals surface area (Å²) >= 11 is 14.8. The normalized spacial score (nSPS) is 27.5. The van der Waals surface area contributed by atoms with Gasteiger partial charge in [0.05, 0.1) is 37.4 Å². The molecule has 2 aliphatic heterocycles. The van der Waals surface area contributed by atoms with Crippen molar-refractivity contribution in [2.45, 2.75) is 28.5 Å². The highest BCUT2D eigenvalue weighted by Gasteiger charge is 2.76. The first-order valence-electron chi connectivity index (χ1n) is 17.3. The summed E-state index contributed by atoms with van der Waals surface area (Å²) in [5.74, 6) is -5.25. The van der Waals surface area contributed by atoms with Crippen molar-refractivity contribution >= 4 is 70.4 Å². The molecule has 2 aliphatic carbocycles. The van der Waals surface area contributed by atoms with Crippen LogP contribution in [-0.4, -0.2) is 52.7 Å². The van der Waals surface area contributed by atoms with E-state index in [4.69, 9.17) is 32.7 Å². The highest BCUT2D eigenvalue weighted by Crippen LogP contribution is 2.66. The van der Waals surface area contributed by atoms with Crippen molar-refractivity contribution in [1.82, 2.24) is 0 Å². The minimum Gasteiger partial charge on any atom is -0.508 e. The minimum atomic E-state index is -2.09. The number of anilines is 2. The topological polar surface area (TPSA) is 113 Å². The van der Waals surface area contributed by atoms with Crippen molar-refractivity contribution in [1.29, 1.82) is 0 Å². The van der Waals surface area contributed by atoms with E-state index in [1.165, 1.54) is 29.2 Å². The average molecular weight is 768 g/mol. The second kappa shape index (κ2) is 13.1. The number of phenols is 1. The molecule has 1 saturated carbocycles. The van der Waals surface area contributed by atoms with Crippen LogP contribution in [-0.2, 0) is 19.2 Å². The van der Waals surface area contributed by atoms with E-state index in [0.29, 0.717) is 28.3 Å². The molecule has 0 bridgehead atoms. The van der Waals surface area contributed by atoms with Crippen LogP contribution in [0, 0.1) is 23.6 Å². The fourth-order valence-electron chi connectivity index (χ4n) is 8.62. The van der Waals surface area contributed by atoms with Crippen LogP contribution >= 0.6 is 23.2 Å². The molecule has 2 saturated heterocycles. The lowest BCUT2D eigenvalue weighted by atomic mass is 9.56. The molecule has 1 N–H and O–H groups in total. The number of carbonyl (C=O) groups is 4. The molecule has 4 aromatic carbocycles. The molecule has 6 atom stereocenters. The van der Waals surface area contributed by atoms with Crippen LogP contribution < -0.4 is 19.3 Å². The van der Waals surface area contributed by atoms with Crippen molar-refractivity contribution in [3.63, 3.8) is 0 Å². The lowest BCUT2D eigenvalue weighted by molar-refractivity contribution is -0.125. The fourth-order valence-corrected chi connectivity index (χ4v) is 9.56. The van der Waals surface area contributed by atoms with Gasteiger partial charge >= 0.3 is 0 Å². The van der Waals surface area contributed by atoms with E-state index in [1.807, 2.05) is 30.4 Å². The van der Waals surface area contributed by atoms with E-state index in [2.05, 4.69) is 0 Å². The number of carbonyl (C=O) groups excluding carboxylic acids is 4. The van der Waals surface area contributed by atoms with E-state index in [1.54, 1.807) is 56.7 Å². The van der Waals surface area contributed by atoms with Crippen LogP contribution in [0.4, 0.5) is 15.8 Å². The SMILES string of the molecule is COc1ccc(OC)c(C=Cc2ccc(N3C(=O)C4CC=C5C(CC6(Cl)C(=O)N(c7ccc(F)cc7)C(=O)C6(Cl)C5c5cccc(O)c5)C4C3=O)cc2)c1. The summed E-state index contributed by atoms with van der Waals surface area (Å²) in [6, 6.07) is 23.5. The monoisotopic (exact) mass is 766 g/mol. The first kappa shape index (κ1) is 35.6. The Balaban J connectivity index is 1.15. The van der Waals surface area contributed by atoms with Gasteiger partial charge in [-0.25, -0.2) is 9.29 Å². The Kier molecular flexibility index (Phi) is 8.66. The molecule has 3 fully saturated rings. The van der Waals surface area contributed by atoms with Crippen LogP contribution in [0.5, 0.6) is 17.2 Å². The molecule has 0 spiro atoms. The zero-order valence-electron chi connectivity index (χ0n) is 29.0. The number of imide groups is 2. The molecule has 4 aromatic rings. The second-order valence-corrected chi connectivity index (χ2v) is 15.1. The summed E-state index contributed by atoms with van der Waals surface area (Å²) < 4.78 is 24.7. The zero-order valence-corrected chi connectivity index (χ0v) is 30.6. The first-order chi connectivity index (χ1) is 25.9. The number of amides is 4. The summed E-state index contributed by atoms with van der Waals surface area (Å²) in [6.07, 6.45) is 5.55. The van der Waals surface area contributed by atoms with E-state index in [0.717, 1.165) is 28.2 Å². The average Bonchev–Trinajstić information content (AvgIpc) is 3.51. The van der Waals surface area contributed by atoms with Gasteiger partial charge in [-0.15, -0.1) is 23.2 Å². The standard InChI is InChI=1S/C42H33Cl2FN2O7/c1-53-30-16-19-34(54-2)24(21-30)9-6-23-7-12-27(13-8-23)46-37(49)32-18-17-31-33(35(32)38(46)50)22-41(43)39(51)47(28-14-10-26(45)11-15-28)40(52)42(41,44)36(31)25-4-3-5-29(48)20-25/h3-17,19-21,32-33,35-36,48H,18,22H2,1-2H3. The maximum absolute atomic E-state index is 14.5. The van der Waals surface area contributed by atoms with E-state index in [9.17, 15) is 28.7 Å². The largest absolute Gasteiger partial charge is 0.508 e. The van der Waals surface area contributed by atoms with Gasteiger partial charge in [0, 0.05) is 11.5 Å². The minimum absolute atomic E-state index is 0.0876. The summed E-state index contributed by atoms with van der Waals surface area (Å²) in [6.45, 7) is 0. The van der Waals surface area contributed by atoms with Gasteiger partial charge < -0.3 is 14.6 Å². The van der Waals surface area contributed by atoms with Crippen LogP contribution in [0.3, 0.4) is 0 Å². The maximum Gasteiger partial charge on any atom is 0.258 e. The number of allylic oxidation sites excluding steroid dienone is 2. The molecule has 274 valence electrons. The van der Waals surface area contributed by atoms with Crippen LogP contribution in [0.25, 0.3) is 12.2 Å². The number of hydrogen-bond acceptors (Lipinski definition) is 7. The van der Waals surface area contributed by atoms with Crippen molar-refractivity contribution in [2.24, 2.45) is 17.8 Å². The number of rotatable bonds is 7. The van der Waals surface area contributed by atoms with Crippen molar-refractivity contribution in [2.75, 3.05) is 24.0 Å². The second-order valence-electron chi connectivity index (χ2n) is 13.9. The Morgan fingerprint density at radius 3 is 2.19 bits per heavy atom. The number of fused-ring (bicyclic) bond motifs is 4. The van der Waals surface area contributed by atoms with Gasteiger partial charge in [-0.2, -0.15) is 0 Å². The quantitative estimate of drug-likeness (QED) is 0.0898. The number of methoxy groups -OCH3 is 2. The Labute approximate surface area is 320 Å². The van der Waals surface area contributed by atoms with Crippen LogP contribution in [0.1, 0.15) is 35.4 Å². The van der Waals surface area contributed by atoms with Crippen LogP contribution in [0.2, 0.25) is 0 Å². The number of alkyl halides is 2. The molecule has 6 unspecified atom stereocenters. The summed E-state index contributed by atoms with van der Waals surface area (Å²) in [5, 5.41) is 10.5. The van der Waals surface area contributed by atoms with Crippen molar-refractivity contribution < 1.29 is 38.1 Å². The molecule has 8 rings (SSSR count). The van der Waals surface area contributed by atoms with E-state index in [-0.39, 0.29) is 30.2 Å². The first-order valence-corrected chi connectivity index (χ1v) is 18.1. The molecule has 2 heterocycles. The van der Waals surface area contributed by atoms with E-state index >= 15 is 0 Å². The third kappa shape index (κ3) is 5.26. The smallest absolute Gasteiger partial charge is 0.258 e. The maximum atomic E-state index is 14.5. The van der Waals surface area contributed by atoms with Gasteiger partial charge in [0.1, 0.15) is 23.1 Å². The molecule has 9 nitrogen and oxygen atoms in total. The number of ether oxygens (including phenoxy) is 2. The van der Waals surface area contributed by atoms with Crippen LogP contribution in [0.15, 0.2) is 103 Å². The van der Waals surface area contributed by atoms with Crippen molar-refractivity contribution in [3.05, 3.63) is 125 Å². The highest BCUT2D eigenvalue weighted by molar-refractivity contribution is 6.58. The van der Waals surface area contributed by atoms with Gasteiger partial charge in [0.2, 0.25) is 11.8 Å². The van der Waals surface area contributed by atoms with Gasteiger partial charge in [-0.05, 0) is 96.6 Å². The zero-order chi connectivity index (χ0) is 38.1. The number of hydrogen-bond donors (Lipinski definition) is 1. The predicted molar refractivity (Wildman–Crippen MR) is 202 cm³/mol. The molecular weight excluding hydrogens is 734 g/mol. The fraction of sp³-hybridized carbons (Fsp3) is 0.238. The van der Waals surface area contributed by atoms with Gasteiger partial charge in [-0.3, -0.25) is 24.1 Å². The summed E-state index contributed by atoms with van der Waals surface area (Å²) in [7, 11) is 3.17. The molecule has 54 heavy (non-hydrogen) atoms. The molecule has 4 aliphatic rings.